The van der Waals surface area contributed by atoms with Crippen LogP contribution in [0.3, 0.4) is 0 Å². The Labute approximate surface area is 101 Å². The van der Waals surface area contributed by atoms with Crippen LogP contribution in [0.1, 0.15) is 43.8 Å². The highest BCUT2D eigenvalue weighted by molar-refractivity contribution is 7.09. The minimum Gasteiger partial charge on any atom is -0.299 e. The van der Waals surface area contributed by atoms with Gasteiger partial charge in [0, 0.05) is 17.7 Å². The first kappa shape index (κ1) is 11.8. The number of ketones is 1. The minimum absolute atomic E-state index is 0.197. The Morgan fingerprint density at radius 2 is 2.38 bits per heavy atom. The summed E-state index contributed by atoms with van der Waals surface area (Å²) in [5.41, 5.74) is 1.15. The molecule has 3 heteroatoms. The molecule has 2 rings (SSSR count). The van der Waals surface area contributed by atoms with E-state index < -0.39 is 0 Å². The molecule has 16 heavy (non-hydrogen) atoms. The second-order valence-electron chi connectivity index (χ2n) is 5.43. The highest BCUT2D eigenvalue weighted by Crippen LogP contribution is 2.43. The third-order valence-electron chi connectivity index (χ3n) is 3.67. The maximum absolute atomic E-state index is 12.2. The first-order valence-corrected chi connectivity index (χ1v) is 6.81. The standard InChI is InChI=1S/C13H19NOS/c1-9-14-10(8-16-9)7-12(15)11-5-4-6-13(11,2)3/h8,11H,4-7H2,1-3H3. The molecular formula is C13H19NOS. The van der Waals surface area contributed by atoms with Gasteiger partial charge in [0.05, 0.1) is 10.7 Å². The predicted molar refractivity (Wildman–Crippen MR) is 66.7 cm³/mol. The van der Waals surface area contributed by atoms with Gasteiger partial charge in [-0.2, -0.15) is 0 Å². The number of hydrogen-bond acceptors (Lipinski definition) is 3. The molecule has 2 nitrogen and oxygen atoms in total. The van der Waals surface area contributed by atoms with Crippen molar-refractivity contribution in [3.05, 3.63) is 16.1 Å². The van der Waals surface area contributed by atoms with Gasteiger partial charge in [-0.25, -0.2) is 4.98 Å². The SMILES string of the molecule is Cc1nc(CC(=O)C2CCCC2(C)C)cs1. The zero-order valence-corrected chi connectivity index (χ0v) is 11.1. The average molecular weight is 237 g/mol. The van der Waals surface area contributed by atoms with E-state index in [0.29, 0.717) is 12.2 Å². The van der Waals surface area contributed by atoms with E-state index in [0.717, 1.165) is 17.1 Å². The molecule has 0 aromatic carbocycles. The molecule has 0 saturated heterocycles. The smallest absolute Gasteiger partial charge is 0.142 e. The van der Waals surface area contributed by atoms with Gasteiger partial charge in [0.2, 0.25) is 0 Å². The van der Waals surface area contributed by atoms with E-state index in [-0.39, 0.29) is 11.3 Å². The van der Waals surface area contributed by atoms with Crippen LogP contribution in [-0.4, -0.2) is 10.8 Å². The molecule has 0 spiro atoms. The molecule has 1 aliphatic carbocycles. The number of Topliss-reactive ketones (excluding diaryl/α,β-unsaturated/α-hetero) is 1. The molecule has 1 heterocycles. The number of carbonyl (C=O) groups excluding carboxylic acids is 1. The van der Waals surface area contributed by atoms with Crippen LogP contribution in [0, 0.1) is 18.3 Å². The lowest BCUT2D eigenvalue weighted by atomic mass is 9.78. The lowest BCUT2D eigenvalue weighted by molar-refractivity contribution is -0.124. The molecule has 0 aliphatic heterocycles. The van der Waals surface area contributed by atoms with Gasteiger partial charge >= 0.3 is 0 Å². The molecule has 0 bridgehead atoms. The summed E-state index contributed by atoms with van der Waals surface area (Å²) in [5, 5.41) is 3.06. The normalized spacial score (nSPS) is 23.6. The lowest BCUT2D eigenvalue weighted by Gasteiger charge is -2.25. The van der Waals surface area contributed by atoms with Gasteiger partial charge in [0.15, 0.2) is 0 Å². The van der Waals surface area contributed by atoms with Crippen molar-refractivity contribution in [1.82, 2.24) is 4.98 Å². The Bertz CT molecular complexity index is 394. The molecule has 88 valence electrons. The van der Waals surface area contributed by atoms with Gasteiger partial charge < -0.3 is 0 Å². The Balaban J connectivity index is 2.03. The van der Waals surface area contributed by atoms with E-state index in [9.17, 15) is 4.79 Å². The van der Waals surface area contributed by atoms with Crippen LogP contribution in [0.15, 0.2) is 5.38 Å². The predicted octanol–water partition coefficient (Wildman–Crippen LogP) is 3.39. The van der Waals surface area contributed by atoms with Gasteiger partial charge in [-0.05, 0) is 25.2 Å². The summed E-state index contributed by atoms with van der Waals surface area (Å²) in [4.78, 5) is 16.6. The van der Waals surface area contributed by atoms with Crippen LogP contribution in [0.5, 0.6) is 0 Å². The second kappa shape index (κ2) is 4.28. The Morgan fingerprint density at radius 1 is 1.62 bits per heavy atom. The quantitative estimate of drug-likeness (QED) is 0.806. The fourth-order valence-electron chi connectivity index (χ4n) is 2.71. The van der Waals surface area contributed by atoms with Crippen molar-refractivity contribution in [3.8, 4) is 0 Å². The Hall–Kier alpha value is -0.700. The van der Waals surface area contributed by atoms with Crippen LogP contribution in [0.4, 0.5) is 0 Å². The van der Waals surface area contributed by atoms with Gasteiger partial charge in [0.25, 0.3) is 0 Å². The van der Waals surface area contributed by atoms with E-state index in [2.05, 4.69) is 18.8 Å². The van der Waals surface area contributed by atoms with Crippen LogP contribution >= 0.6 is 11.3 Å². The van der Waals surface area contributed by atoms with Crippen LogP contribution in [0.2, 0.25) is 0 Å². The Kier molecular flexibility index (Phi) is 3.15. The van der Waals surface area contributed by atoms with Crippen molar-refractivity contribution in [2.45, 2.75) is 46.5 Å². The summed E-state index contributed by atoms with van der Waals surface area (Å²) in [7, 11) is 0. The molecular weight excluding hydrogens is 218 g/mol. The maximum atomic E-state index is 12.2. The molecule has 1 aliphatic rings. The highest BCUT2D eigenvalue weighted by atomic mass is 32.1. The molecule has 0 amide bonds. The highest BCUT2D eigenvalue weighted by Gasteiger charge is 2.38. The second-order valence-corrected chi connectivity index (χ2v) is 6.50. The topological polar surface area (TPSA) is 30.0 Å². The first-order chi connectivity index (χ1) is 7.49. The number of carbonyl (C=O) groups is 1. The third-order valence-corrected chi connectivity index (χ3v) is 4.49. The number of aromatic nitrogens is 1. The number of rotatable bonds is 3. The minimum atomic E-state index is 0.197. The Morgan fingerprint density at radius 3 is 2.88 bits per heavy atom. The molecule has 0 N–H and O–H groups in total. The largest absolute Gasteiger partial charge is 0.299 e. The molecule has 1 fully saturated rings. The first-order valence-electron chi connectivity index (χ1n) is 5.93. The summed E-state index contributed by atoms with van der Waals surface area (Å²) >= 11 is 1.63. The summed E-state index contributed by atoms with van der Waals surface area (Å²) < 4.78 is 0. The van der Waals surface area contributed by atoms with Crippen molar-refractivity contribution < 1.29 is 4.79 Å². The molecule has 0 radical (unpaired) electrons. The zero-order chi connectivity index (χ0) is 11.8. The summed E-state index contributed by atoms with van der Waals surface area (Å²) in [6, 6.07) is 0. The molecule has 1 aromatic rings. The monoisotopic (exact) mass is 237 g/mol. The summed E-state index contributed by atoms with van der Waals surface area (Å²) in [6.45, 7) is 6.42. The summed E-state index contributed by atoms with van der Waals surface area (Å²) in [6.07, 6.45) is 3.96. The number of nitrogens with zero attached hydrogens (tertiary/aromatic N) is 1. The fraction of sp³-hybridized carbons (Fsp3) is 0.692. The van der Waals surface area contributed by atoms with E-state index in [4.69, 9.17) is 0 Å². The van der Waals surface area contributed by atoms with Crippen LogP contribution in [-0.2, 0) is 11.2 Å². The van der Waals surface area contributed by atoms with Crippen molar-refractivity contribution in [2.24, 2.45) is 11.3 Å². The van der Waals surface area contributed by atoms with Crippen molar-refractivity contribution >= 4 is 17.1 Å². The zero-order valence-electron chi connectivity index (χ0n) is 10.2. The van der Waals surface area contributed by atoms with Crippen molar-refractivity contribution in [1.29, 1.82) is 0 Å². The van der Waals surface area contributed by atoms with E-state index in [1.54, 1.807) is 11.3 Å². The molecule has 1 atom stereocenters. The fourth-order valence-corrected chi connectivity index (χ4v) is 3.33. The lowest BCUT2D eigenvalue weighted by Crippen LogP contribution is -2.27. The van der Waals surface area contributed by atoms with Crippen LogP contribution < -0.4 is 0 Å². The van der Waals surface area contributed by atoms with Crippen molar-refractivity contribution in [3.63, 3.8) is 0 Å². The molecule has 1 saturated carbocycles. The molecule has 1 unspecified atom stereocenters. The van der Waals surface area contributed by atoms with Gasteiger partial charge in [-0.15, -0.1) is 11.3 Å². The van der Waals surface area contributed by atoms with E-state index in [1.807, 2.05) is 12.3 Å². The average Bonchev–Trinajstić information content (AvgIpc) is 2.72. The van der Waals surface area contributed by atoms with Gasteiger partial charge in [-0.3, -0.25) is 4.79 Å². The van der Waals surface area contributed by atoms with Crippen LogP contribution in [0.25, 0.3) is 0 Å². The number of hydrogen-bond donors (Lipinski definition) is 0. The van der Waals surface area contributed by atoms with Crippen molar-refractivity contribution in [2.75, 3.05) is 0 Å². The third kappa shape index (κ3) is 2.34. The van der Waals surface area contributed by atoms with E-state index >= 15 is 0 Å². The van der Waals surface area contributed by atoms with Gasteiger partial charge in [0.1, 0.15) is 5.78 Å². The molecule has 1 aromatic heterocycles. The van der Waals surface area contributed by atoms with E-state index in [1.165, 1.54) is 12.8 Å². The number of aryl methyl sites for hydroxylation is 1. The maximum Gasteiger partial charge on any atom is 0.142 e. The summed E-state index contributed by atoms with van der Waals surface area (Å²) in [5.74, 6) is 0.627. The van der Waals surface area contributed by atoms with Gasteiger partial charge in [-0.1, -0.05) is 20.3 Å². The number of thiazole rings is 1.